The monoisotopic (exact) mass is 447 g/mol. The van der Waals surface area contributed by atoms with Crippen molar-refractivity contribution in [3.8, 4) is 5.75 Å². The SMILES string of the molecule is COc1cccc2c1c(C(C)=O)cn2CCCN1CCC(c2nc3ccccc3s2)CC1. The maximum Gasteiger partial charge on any atom is 0.162 e. The van der Waals surface area contributed by atoms with Crippen LogP contribution in [0.4, 0.5) is 0 Å². The Morgan fingerprint density at radius 1 is 1.12 bits per heavy atom. The number of hydrogen-bond donors (Lipinski definition) is 0. The minimum Gasteiger partial charge on any atom is -0.496 e. The Balaban J connectivity index is 1.20. The zero-order valence-electron chi connectivity index (χ0n) is 18.7. The lowest BCUT2D eigenvalue weighted by atomic mass is 9.97. The van der Waals surface area contributed by atoms with Crippen molar-refractivity contribution in [1.82, 2.24) is 14.5 Å². The van der Waals surface area contributed by atoms with Crippen molar-refractivity contribution in [3.05, 3.63) is 59.2 Å². The van der Waals surface area contributed by atoms with Gasteiger partial charge in [-0.25, -0.2) is 4.98 Å². The third kappa shape index (κ3) is 4.05. The van der Waals surface area contributed by atoms with Gasteiger partial charge in [-0.15, -0.1) is 11.3 Å². The van der Waals surface area contributed by atoms with Crippen LogP contribution in [0.5, 0.6) is 5.75 Å². The highest BCUT2D eigenvalue weighted by Gasteiger charge is 2.23. The fraction of sp³-hybridized carbons (Fsp3) is 0.385. The number of carbonyl (C=O) groups is 1. The van der Waals surface area contributed by atoms with Crippen molar-refractivity contribution < 1.29 is 9.53 Å². The first kappa shape index (κ1) is 21.2. The molecule has 1 aliphatic rings. The van der Waals surface area contributed by atoms with Gasteiger partial charge in [0.15, 0.2) is 5.78 Å². The van der Waals surface area contributed by atoms with Crippen LogP contribution in [-0.4, -0.2) is 47.0 Å². The van der Waals surface area contributed by atoms with Crippen LogP contribution < -0.4 is 4.74 Å². The van der Waals surface area contributed by atoms with Crippen molar-refractivity contribution in [3.63, 3.8) is 0 Å². The van der Waals surface area contributed by atoms with Crippen LogP contribution >= 0.6 is 11.3 Å². The first-order valence-electron chi connectivity index (χ1n) is 11.4. The third-order valence-electron chi connectivity index (χ3n) is 6.59. The molecule has 6 heteroatoms. The molecule has 1 fully saturated rings. The molecule has 4 aromatic rings. The largest absolute Gasteiger partial charge is 0.496 e. The molecule has 0 atom stereocenters. The number of aromatic nitrogens is 2. The number of Topliss-reactive ketones (excluding diaryl/α,β-unsaturated/α-hetero) is 1. The molecule has 0 N–H and O–H groups in total. The number of ether oxygens (including phenoxy) is 1. The van der Waals surface area contributed by atoms with Crippen LogP contribution in [0.25, 0.3) is 21.1 Å². The van der Waals surface area contributed by atoms with E-state index in [1.807, 2.05) is 29.7 Å². The van der Waals surface area contributed by atoms with E-state index in [-0.39, 0.29) is 5.78 Å². The van der Waals surface area contributed by atoms with Crippen molar-refractivity contribution in [2.45, 2.75) is 38.6 Å². The van der Waals surface area contributed by atoms with Crippen LogP contribution in [0.15, 0.2) is 48.7 Å². The molecule has 0 unspecified atom stereocenters. The highest BCUT2D eigenvalue weighted by molar-refractivity contribution is 7.18. The summed E-state index contributed by atoms with van der Waals surface area (Å²) >= 11 is 1.86. The van der Waals surface area contributed by atoms with E-state index in [0.717, 1.165) is 60.3 Å². The van der Waals surface area contributed by atoms with Crippen LogP contribution in [0.1, 0.15) is 47.5 Å². The Labute approximate surface area is 192 Å². The number of carbonyl (C=O) groups excluding carboxylic acids is 1. The molecular weight excluding hydrogens is 418 g/mol. The summed E-state index contributed by atoms with van der Waals surface area (Å²) in [6.45, 7) is 5.85. The number of rotatable bonds is 7. The number of nitrogens with zero attached hydrogens (tertiary/aromatic N) is 3. The molecule has 0 amide bonds. The van der Waals surface area contributed by atoms with Gasteiger partial charge in [0.2, 0.25) is 0 Å². The molecule has 0 aliphatic carbocycles. The average molecular weight is 448 g/mol. The van der Waals surface area contributed by atoms with Gasteiger partial charge in [-0.2, -0.15) is 0 Å². The predicted octanol–water partition coefficient (Wildman–Crippen LogP) is 5.73. The number of methoxy groups -OCH3 is 1. The van der Waals surface area contributed by atoms with E-state index in [4.69, 9.17) is 9.72 Å². The van der Waals surface area contributed by atoms with Gasteiger partial charge >= 0.3 is 0 Å². The van der Waals surface area contributed by atoms with Crippen LogP contribution in [0.2, 0.25) is 0 Å². The van der Waals surface area contributed by atoms with E-state index in [1.54, 1.807) is 14.0 Å². The second-order valence-electron chi connectivity index (χ2n) is 8.64. The Bertz CT molecular complexity index is 1220. The lowest BCUT2D eigenvalue weighted by Gasteiger charge is -2.31. The number of benzene rings is 2. The fourth-order valence-corrected chi connectivity index (χ4v) is 6.01. The van der Waals surface area contributed by atoms with Gasteiger partial charge in [0.1, 0.15) is 5.75 Å². The molecule has 166 valence electrons. The molecule has 3 heterocycles. The predicted molar refractivity (Wildman–Crippen MR) is 131 cm³/mol. The molecule has 2 aromatic carbocycles. The van der Waals surface area contributed by atoms with Crippen molar-refractivity contribution in [2.75, 3.05) is 26.7 Å². The first-order valence-corrected chi connectivity index (χ1v) is 12.2. The molecule has 0 saturated carbocycles. The van der Waals surface area contributed by atoms with Gasteiger partial charge < -0.3 is 14.2 Å². The Kier molecular flexibility index (Phi) is 5.98. The number of aryl methyl sites for hydroxylation is 1. The van der Waals surface area contributed by atoms with E-state index >= 15 is 0 Å². The van der Waals surface area contributed by atoms with Gasteiger partial charge in [-0.05, 0) is 70.1 Å². The molecule has 0 bridgehead atoms. The zero-order valence-corrected chi connectivity index (χ0v) is 19.5. The van der Waals surface area contributed by atoms with Gasteiger partial charge in [0.25, 0.3) is 0 Å². The third-order valence-corrected chi connectivity index (χ3v) is 7.79. The van der Waals surface area contributed by atoms with Crippen LogP contribution in [0.3, 0.4) is 0 Å². The molecule has 32 heavy (non-hydrogen) atoms. The van der Waals surface area contributed by atoms with Gasteiger partial charge in [-0.1, -0.05) is 18.2 Å². The van der Waals surface area contributed by atoms with Crippen molar-refractivity contribution >= 4 is 38.2 Å². The summed E-state index contributed by atoms with van der Waals surface area (Å²) < 4.78 is 9.03. The molecular formula is C26H29N3O2S. The van der Waals surface area contributed by atoms with E-state index in [2.05, 4.69) is 39.8 Å². The number of fused-ring (bicyclic) bond motifs is 2. The Morgan fingerprint density at radius 2 is 1.94 bits per heavy atom. The maximum absolute atomic E-state index is 12.2. The molecule has 5 rings (SSSR count). The standard InChI is InChI=1S/C26H29N3O2S/c1-18(30)20-17-29(22-8-5-9-23(31-2)25(20)22)14-6-13-28-15-11-19(12-16-28)26-27-21-7-3-4-10-24(21)32-26/h3-5,7-10,17,19H,6,11-16H2,1-2H3. The van der Waals surface area contributed by atoms with E-state index < -0.39 is 0 Å². The van der Waals surface area contributed by atoms with Crippen molar-refractivity contribution in [1.29, 1.82) is 0 Å². The number of thiazole rings is 1. The summed E-state index contributed by atoms with van der Waals surface area (Å²) in [6.07, 6.45) is 5.41. The lowest BCUT2D eigenvalue weighted by molar-refractivity contribution is 0.101. The zero-order chi connectivity index (χ0) is 22.1. The average Bonchev–Trinajstić information content (AvgIpc) is 3.41. The quantitative estimate of drug-likeness (QED) is 0.339. The minimum absolute atomic E-state index is 0.0789. The molecule has 0 spiro atoms. The normalized spacial score (nSPS) is 15.6. The van der Waals surface area contributed by atoms with Gasteiger partial charge in [-0.3, -0.25) is 4.79 Å². The topological polar surface area (TPSA) is 47.4 Å². The molecule has 5 nitrogen and oxygen atoms in total. The Hall–Kier alpha value is -2.70. The van der Waals surface area contributed by atoms with Crippen LogP contribution in [0, 0.1) is 0 Å². The molecule has 1 aliphatic heterocycles. The maximum atomic E-state index is 12.2. The fourth-order valence-electron chi connectivity index (χ4n) is 4.87. The summed E-state index contributed by atoms with van der Waals surface area (Å²) in [4.78, 5) is 19.6. The van der Waals surface area contributed by atoms with Crippen LogP contribution in [-0.2, 0) is 6.54 Å². The van der Waals surface area contributed by atoms with Gasteiger partial charge in [0.05, 0.1) is 33.2 Å². The summed E-state index contributed by atoms with van der Waals surface area (Å²) in [5.74, 6) is 1.43. The number of para-hydroxylation sites is 1. The van der Waals surface area contributed by atoms with Crippen molar-refractivity contribution in [2.24, 2.45) is 0 Å². The summed E-state index contributed by atoms with van der Waals surface area (Å²) in [6, 6.07) is 14.4. The summed E-state index contributed by atoms with van der Waals surface area (Å²) in [7, 11) is 1.66. The molecule has 0 radical (unpaired) electrons. The van der Waals surface area contributed by atoms with E-state index in [9.17, 15) is 4.79 Å². The summed E-state index contributed by atoms with van der Waals surface area (Å²) in [5, 5.41) is 2.23. The highest BCUT2D eigenvalue weighted by atomic mass is 32.1. The number of hydrogen-bond acceptors (Lipinski definition) is 5. The second kappa shape index (κ2) is 9.04. The van der Waals surface area contributed by atoms with E-state index in [0.29, 0.717) is 5.92 Å². The number of ketones is 1. The number of likely N-dealkylation sites (tertiary alicyclic amines) is 1. The molecule has 2 aromatic heterocycles. The first-order chi connectivity index (χ1) is 15.6. The highest BCUT2D eigenvalue weighted by Crippen LogP contribution is 2.34. The Morgan fingerprint density at radius 3 is 2.69 bits per heavy atom. The molecule has 1 saturated heterocycles. The van der Waals surface area contributed by atoms with E-state index in [1.165, 1.54) is 22.5 Å². The minimum atomic E-state index is 0.0789. The second-order valence-corrected chi connectivity index (χ2v) is 9.70. The lowest BCUT2D eigenvalue weighted by Crippen LogP contribution is -2.34. The number of piperidine rings is 1. The summed E-state index contributed by atoms with van der Waals surface area (Å²) in [5.41, 5.74) is 2.95. The van der Waals surface area contributed by atoms with Gasteiger partial charge in [0, 0.05) is 24.2 Å². The smallest absolute Gasteiger partial charge is 0.162 e.